The zero-order chi connectivity index (χ0) is 19.0. The maximum absolute atomic E-state index is 12.9. The number of hydrogen-bond donors (Lipinski definition) is 2. The summed E-state index contributed by atoms with van der Waals surface area (Å²) >= 11 is 0. The molecule has 0 saturated carbocycles. The molecule has 4 rings (SSSR count). The Morgan fingerprint density at radius 1 is 1.33 bits per heavy atom. The molecule has 3 heterocycles. The smallest absolute Gasteiger partial charge is 0.266 e. The van der Waals surface area contributed by atoms with Gasteiger partial charge in [-0.1, -0.05) is 29.4 Å². The molecular weight excluding hydrogens is 346 g/mol. The highest BCUT2D eigenvalue weighted by Gasteiger charge is 2.46. The average Bonchev–Trinajstić information content (AvgIpc) is 3.15. The summed E-state index contributed by atoms with van der Waals surface area (Å²) in [5.41, 5.74) is 2.37. The van der Waals surface area contributed by atoms with E-state index >= 15 is 0 Å². The second-order valence-electron chi connectivity index (χ2n) is 7.82. The van der Waals surface area contributed by atoms with Crippen LogP contribution in [-0.4, -0.2) is 59.4 Å². The van der Waals surface area contributed by atoms with Crippen LogP contribution in [0.2, 0.25) is 0 Å². The fraction of sp³-hybridized carbons (Fsp3) is 0.550. The molecule has 2 fully saturated rings. The molecule has 144 valence electrons. The number of rotatable bonds is 2. The third kappa shape index (κ3) is 3.32. The lowest BCUT2D eigenvalue weighted by atomic mass is 9.71. The normalized spacial score (nSPS) is 27.1. The van der Waals surface area contributed by atoms with Gasteiger partial charge in [0.25, 0.3) is 5.91 Å². The molecule has 0 aliphatic carbocycles. The highest BCUT2D eigenvalue weighted by atomic mass is 16.6. The number of nitrogens with zero attached hydrogens (tertiary/aromatic N) is 2. The van der Waals surface area contributed by atoms with Crippen molar-refractivity contribution in [1.82, 2.24) is 10.2 Å². The summed E-state index contributed by atoms with van der Waals surface area (Å²) in [6, 6.07) is 7.93. The molecule has 3 aliphatic heterocycles. The summed E-state index contributed by atoms with van der Waals surface area (Å²) in [7, 11) is 0. The van der Waals surface area contributed by atoms with Gasteiger partial charge in [-0.15, -0.1) is 0 Å². The van der Waals surface area contributed by atoms with Crippen LogP contribution >= 0.6 is 0 Å². The summed E-state index contributed by atoms with van der Waals surface area (Å²) in [6.07, 6.45) is 0.971. The second-order valence-corrected chi connectivity index (χ2v) is 7.82. The molecule has 2 atom stereocenters. The van der Waals surface area contributed by atoms with Crippen LogP contribution in [0.3, 0.4) is 0 Å². The number of benzene rings is 1. The lowest BCUT2D eigenvalue weighted by molar-refractivity contribution is -0.150. The van der Waals surface area contributed by atoms with E-state index in [-0.39, 0.29) is 11.8 Å². The van der Waals surface area contributed by atoms with Crippen molar-refractivity contribution < 1.29 is 19.5 Å². The molecule has 2 unspecified atom stereocenters. The van der Waals surface area contributed by atoms with Gasteiger partial charge in [-0.25, -0.2) is 0 Å². The van der Waals surface area contributed by atoms with Crippen molar-refractivity contribution in [2.24, 2.45) is 10.6 Å². The largest absolute Gasteiger partial charge is 0.391 e. The summed E-state index contributed by atoms with van der Waals surface area (Å²) in [4.78, 5) is 32.4. The van der Waals surface area contributed by atoms with Crippen LogP contribution in [0.25, 0.3) is 0 Å². The summed E-state index contributed by atoms with van der Waals surface area (Å²) in [5, 5.41) is 16.8. The van der Waals surface area contributed by atoms with Crippen molar-refractivity contribution in [3.8, 4) is 0 Å². The number of nitrogens with one attached hydrogen (secondary N) is 1. The molecular formula is C20H25N3O4. The van der Waals surface area contributed by atoms with Gasteiger partial charge in [0, 0.05) is 31.6 Å². The second kappa shape index (κ2) is 6.96. The van der Waals surface area contributed by atoms with E-state index in [1.165, 1.54) is 0 Å². The molecule has 0 radical (unpaired) electrons. The van der Waals surface area contributed by atoms with E-state index in [0.29, 0.717) is 45.3 Å². The van der Waals surface area contributed by atoms with Gasteiger partial charge in [0.2, 0.25) is 12.0 Å². The van der Waals surface area contributed by atoms with E-state index in [4.69, 9.17) is 4.84 Å². The summed E-state index contributed by atoms with van der Waals surface area (Å²) in [5.74, 6) is -0.0730. The number of oxime groups is 1. The first-order valence-corrected chi connectivity index (χ1v) is 9.52. The van der Waals surface area contributed by atoms with Gasteiger partial charge < -0.3 is 20.2 Å². The third-order valence-electron chi connectivity index (χ3n) is 6.04. The van der Waals surface area contributed by atoms with Gasteiger partial charge in [0.1, 0.15) is 0 Å². The van der Waals surface area contributed by atoms with Gasteiger partial charge in [0.05, 0.1) is 17.2 Å². The number of hydrogen-bond acceptors (Lipinski definition) is 5. The summed E-state index contributed by atoms with van der Waals surface area (Å²) < 4.78 is 0. The fourth-order valence-electron chi connectivity index (χ4n) is 4.37. The van der Waals surface area contributed by atoms with Crippen LogP contribution < -0.4 is 5.32 Å². The van der Waals surface area contributed by atoms with Gasteiger partial charge in [0.15, 0.2) is 0 Å². The number of β-amino-alcohol motifs (C(OH)–C–C–N with tert-alkyl or cyclic N) is 1. The number of piperidine rings is 2. The Kier molecular flexibility index (Phi) is 4.63. The van der Waals surface area contributed by atoms with Crippen molar-refractivity contribution in [1.29, 1.82) is 0 Å². The van der Waals surface area contributed by atoms with Gasteiger partial charge >= 0.3 is 0 Å². The average molecular weight is 371 g/mol. The Morgan fingerprint density at radius 3 is 2.81 bits per heavy atom. The van der Waals surface area contributed by atoms with Crippen molar-refractivity contribution in [2.75, 3.05) is 19.6 Å². The van der Waals surface area contributed by atoms with Crippen LogP contribution in [0.1, 0.15) is 36.8 Å². The number of aryl methyl sites for hydroxylation is 1. The highest BCUT2D eigenvalue weighted by molar-refractivity contribution is 6.05. The number of likely N-dealkylation sites (tertiary alicyclic amines) is 1. The van der Waals surface area contributed by atoms with Crippen molar-refractivity contribution in [3.05, 3.63) is 35.4 Å². The Bertz CT molecular complexity index is 783. The predicted octanol–water partition coefficient (Wildman–Crippen LogP) is 0.978. The van der Waals surface area contributed by atoms with Crippen LogP contribution in [0, 0.1) is 12.3 Å². The number of aliphatic hydroxyl groups is 1. The van der Waals surface area contributed by atoms with Crippen LogP contribution in [-0.2, 0) is 14.4 Å². The number of amides is 2. The van der Waals surface area contributed by atoms with E-state index in [1.54, 1.807) is 4.90 Å². The molecule has 0 aromatic heterocycles. The Labute approximate surface area is 158 Å². The zero-order valence-corrected chi connectivity index (χ0v) is 15.5. The molecule has 2 saturated heterocycles. The first-order valence-electron chi connectivity index (χ1n) is 9.52. The Balaban J connectivity index is 1.37. The molecule has 7 nitrogen and oxygen atoms in total. The number of carbonyl (C=O) groups excluding carboxylic acids is 2. The maximum atomic E-state index is 12.9. The van der Waals surface area contributed by atoms with E-state index in [2.05, 4.69) is 10.5 Å². The molecule has 2 N–H and O–H groups in total. The van der Waals surface area contributed by atoms with E-state index in [1.807, 2.05) is 31.2 Å². The maximum Gasteiger partial charge on any atom is 0.266 e. The lowest BCUT2D eigenvalue weighted by Gasteiger charge is -2.44. The van der Waals surface area contributed by atoms with Crippen LogP contribution in [0.15, 0.2) is 29.4 Å². The highest BCUT2D eigenvalue weighted by Crippen LogP contribution is 2.38. The fourth-order valence-corrected chi connectivity index (χ4v) is 4.37. The Morgan fingerprint density at radius 2 is 2.07 bits per heavy atom. The molecule has 1 spiro atoms. The Hall–Kier alpha value is -2.41. The first-order chi connectivity index (χ1) is 13.0. The topological polar surface area (TPSA) is 91.2 Å². The summed E-state index contributed by atoms with van der Waals surface area (Å²) in [6.45, 7) is 3.33. The first kappa shape index (κ1) is 18.0. The predicted molar refractivity (Wildman–Crippen MR) is 99.1 cm³/mol. The molecule has 3 aliphatic rings. The van der Waals surface area contributed by atoms with Gasteiger partial charge in [-0.05, 0) is 31.7 Å². The van der Waals surface area contributed by atoms with E-state index in [0.717, 1.165) is 16.8 Å². The van der Waals surface area contributed by atoms with Gasteiger partial charge in [-0.2, -0.15) is 0 Å². The van der Waals surface area contributed by atoms with Crippen molar-refractivity contribution in [3.63, 3.8) is 0 Å². The van der Waals surface area contributed by atoms with Crippen LogP contribution in [0.5, 0.6) is 0 Å². The lowest BCUT2D eigenvalue weighted by Crippen LogP contribution is -2.57. The number of aliphatic hydroxyl groups excluding tert-OH is 1. The van der Waals surface area contributed by atoms with E-state index < -0.39 is 17.6 Å². The standard InChI is InChI=1S/C20H25N3O4/c1-13-4-2-3-5-15(13)16-10-17(27-22-16)18(25)23-8-6-20(7-9-23)11-14(24)12-21-19(20)26/h2-5,14,17,24H,6-12H2,1H3,(H,21,26). The zero-order valence-electron chi connectivity index (χ0n) is 15.5. The quantitative estimate of drug-likeness (QED) is 0.811. The SMILES string of the molecule is Cc1ccccc1C1=NOC(C(=O)N2CCC3(CC2)CC(O)CNC3=O)C1. The van der Waals surface area contributed by atoms with Crippen molar-refractivity contribution in [2.45, 2.75) is 44.8 Å². The van der Waals surface area contributed by atoms with Gasteiger partial charge in [-0.3, -0.25) is 9.59 Å². The number of carbonyl (C=O) groups is 2. The minimum Gasteiger partial charge on any atom is -0.391 e. The van der Waals surface area contributed by atoms with Crippen molar-refractivity contribution >= 4 is 17.5 Å². The van der Waals surface area contributed by atoms with Crippen LogP contribution in [0.4, 0.5) is 0 Å². The molecule has 1 aromatic rings. The minimum absolute atomic E-state index is 0.00203. The molecule has 27 heavy (non-hydrogen) atoms. The third-order valence-corrected chi connectivity index (χ3v) is 6.04. The molecule has 0 bridgehead atoms. The minimum atomic E-state index is -0.598. The monoisotopic (exact) mass is 371 g/mol. The van der Waals surface area contributed by atoms with E-state index in [9.17, 15) is 14.7 Å². The molecule has 1 aromatic carbocycles. The molecule has 2 amide bonds. The molecule has 7 heteroatoms.